The Hall–Kier alpha value is -1.23. The summed E-state index contributed by atoms with van der Waals surface area (Å²) in [5, 5.41) is 7.45. The van der Waals surface area contributed by atoms with Crippen LogP contribution in [-0.2, 0) is 6.42 Å². The summed E-state index contributed by atoms with van der Waals surface area (Å²) in [5.74, 6) is -0.208. The Morgan fingerprint density at radius 1 is 1.37 bits per heavy atom. The highest BCUT2D eigenvalue weighted by Crippen LogP contribution is 2.29. The van der Waals surface area contributed by atoms with Crippen LogP contribution < -0.4 is 11.1 Å². The topological polar surface area (TPSA) is 55.1 Å². The first-order chi connectivity index (χ1) is 9.08. The smallest absolute Gasteiger partial charge is 0.251 e. The van der Waals surface area contributed by atoms with Gasteiger partial charge in [0.25, 0.3) is 5.91 Å². The SMILES string of the molecule is Nc1cc(C(=O)NCCc2ccsc2)cc(Cl)c1Cl. The summed E-state index contributed by atoms with van der Waals surface area (Å²) in [5.41, 5.74) is 7.59. The summed E-state index contributed by atoms with van der Waals surface area (Å²) >= 11 is 13.4. The van der Waals surface area contributed by atoms with Gasteiger partial charge in [0.2, 0.25) is 0 Å². The van der Waals surface area contributed by atoms with Crippen LogP contribution in [0.1, 0.15) is 15.9 Å². The number of nitrogens with one attached hydrogen (secondary N) is 1. The van der Waals surface area contributed by atoms with Gasteiger partial charge in [-0.1, -0.05) is 23.2 Å². The number of nitrogen functional groups attached to an aromatic ring is 1. The number of nitrogens with two attached hydrogens (primary N) is 1. The van der Waals surface area contributed by atoms with Gasteiger partial charge in [-0.15, -0.1) is 0 Å². The fourth-order valence-corrected chi connectivity index (χ4v) is 2.64. The molecule has 0 saturated heterocycles. The summed E-state index contributed by atoms with van der Waals surface area (Å²) in [6.45, 7) is 0.565. The van der Waals surface area contributed by atoms with Crippen molar-refractivity contribution in [2.45, 2.75) is 6.42 Å². The molecule has 0 aliphatic heterocycles. The number of rotatable bonds is 4. The Morgan fingerprint density at radius 2 is 2.16 bits per heavy atom. The van der Waals surface area contributed by atoms with Gasteiger partial charge in [0.05, 0.1) is 15.7 Å². The lowest BCUT2D eigenvalue weighted by atomic mass is 10.2. The second kappa shape index (κ2) is 6.28. The molecular formula is C13H12Cl2N2OS. The number of carbonyl (C=O) groups excluding carboxylic acids is 1. The van der Waals surface area contributed by atoms with Gasteiger partial charge in [-0.25, -0.2) is 0 Å². The summed E-state index contributed by atoms with van der Waals surface area (Å²) in [4.78, 5) is 11.9. The summed E-state index contributed by atoms with van der Waals surface area (Å²) in [6, 6.07) is 5.07. The van der Waals surface area contributed by atoms with Crippen molar-refractivity contribution in [3.8, 4) is 0 Å². The molecule has 0 spiro atoms. The Labute approximate surface area is 125 Å². The van der Waals surface area contributed by atoms with Crippen LogP contribution >= 0.6 is 34.5 Å². The predicted molar refractivity (Wildman–Crippen MR) is 81.2 cm³/mol. The highest BCUT2D eigenvalue weighted by atomic mass is 35.5. The molecule has 0 atom stereocenters. The fourth-order valence-electron chi connectivity index (χ4n) is 1.60. The van der Waals surface area contributed by atoms with E-state index in [0.29, 0.717) is 17.8 Å². The second-order valence-corrected chi connectivity index (χ2v) is 5.56. The van der Waals surface area contributed by atoms with Gasteiger partial charge in [-0.05, 0) is 40.9 Å². The molecule has 1 aromatic heterocycles. The zero-order chi connectivity index (χ0) is 13.8. The molecule has 0 unspecified atom stereocenters. The van der Waals surface area contributed by atoms with Crippen molar-refractivity contribution in [2.24, 2.45) is 0 Å². The van der Waals surface area contributed by atoms with E-state index in [9.17, 15) is 4.79 Å². The van der Waals surface area contributed by atoms with E-state index in [4.69, 9.17) is 28.9 Å². The first-order valence-corrected chi connectivity index (χ1v) is 7.31. The number of benzene rings is 1. The van der Waals surface area contributed by atoms with Gasteiger partial charge < -0.3 is 11.1 Å². The average Bonchev–Trinajstić information content (AvgIpc) is 2.88. The molecule has 0 fully saturated rings. The van der Waals surface area contributed by atoms with E-state index in [-0.39, 0.29) is 16.0 Å². The van der Waals surface area contributed by atoms with Crippen molar-refractivity contribution in [3.05, 3.63) is 50.1 Å². The minimum Gasteiger partial charge on any atom is -0.397 e. The number of halogens is 2. The highest BCUT2D eigenvalue weighted by Gasteiger charge is 2.10. The third-order valence-corrected chi connectivity index (χ3v) is 4.15. The predicted octanol–water partition coefficient (Wildman–Crippen LogP) is 3.61. The van der Waals surface area contributed by atoms with Gasteiger partial charge in [0.15, 0.2) is 0 Å². The van der Waals surface area contributed by atoms with E-state index in [1.807, 2.05) is 11.4 Å². The van der Waals surface area contributed by atoms with Gasteiger partial charge >= 0.3 is 0 Å². The van der Waals surface area contributed by atoms with Gasteiger partial charge in [0.1, 0.15) is 0 Å². The Bertz CT molecular complexity index is 561. The second-order valence-electron chi connectivity index (χ2n) is 4.00. The monoisotopic (exact) mass is 314 g/mol. The molecule has 100 valence electrons. The molecule has 0 saturated carbocycles. The minimum absolute atomic E-state index is 0.208. The lowest BCUT2D eigenvalue weighted by molar-refractivity contribution is 0.0954. The van der Waals surface area contributed by atoms with Crippen molar-refractivity contribution in [1.82, 2.24) is 5.32 Å². The number of amides is 1. The first-order valence-electron chi connectivity index (χ1n) is 5.61. The largest absolute Gasteiger partial charge is 0.397 e. The van der Waals surface area contributed by atoms with Crippen LogP contribution in [0.5, 0.6) is 0 Å². The fraction of sp³-hybridized carbons (Fsp3) is 0.154. The van der Waals surface area contributed by atoms with E-state index >= 15 is 0 Å². The maximum Gasteiger partial charge on any atom is 0.251 e. The van der Waals surface area contributed by atoms with E-state index in [1.165, 1.54) is 17.7 Å². The summed E-state index contributed by atoms with van der Waals surface area (Å²) in [7, 11) is 0. The number of carbonyl (C=O) groups is 1. The van der Waals surface area contributed by atoms with Crippen LogP contribution in [0.2, 0.25) is 10.0 Å². The molecule has 0 aliphatic rings. The third-order valence-electron chi connectivity index (χ3n) is 2.60. The number of thiophene rings is 1. The molecule has 3 N–H and O–H groups in total. The minimum atomic E-state index is -0.208. The normalized spacial score (nSPS) is 10.4. The Kier molecular flexibility index (Phi) is 4.69. The molecule has 0 bridgehead atoms. The van der Waals surface area contributed by atoms with Crippen LogP contribution in [0.15, 0.2) is 29.0 Å². The molecule has 0 radical (unpaired) electrons. The van der Waals surface area contributed by atoms with Gasteiger partial charge in [0, 0.05) is 12.1 Å². The Balaban J connectivity index is 1.96. The number of hydrogen-bond acceptors (Lipinski definition) is 3. The van der Waals surface area contributed by atoms with Gasteiger partial charge in [-0.3, -0.25) is 4.79 Å². The molecule has 19 heavy (non-hydrogen) atoms. The van der Waals surface area contributed by atoms with Crippen molar-refractivity contribution in [3.63, 3.8) is 0 Å². The summed E-state index contributed by atoms with van der Waals surface area (Å²) in [6.07, 6.45) is 0.798. The molecule has 0 aliphatic carbocycles. The molecule has 6 heteroatoms. The average molecular weight is 315 g/mol. The van der Waals surface area contributed by atoms with Crippen molar-refractivity contribution < 1.29 is 4.79 Å². The third kappa shape index (κ3) is 3.62. The van der Waals surface area contributed by atoms with Crippen LogP contribution in [0.3, 0.4) is 0 Å². The molecule has 2 aromatic rings. The van der Waals surface area contributed by atoms with E-state index in [0.717, 1.165) is 6.42 Å². The van der Waals surface area contributed by atoms with Crippen LogP contribution in [0.4, 0.5) is 5.69 Å². The molecule has 1 aromatic carbocycles. The van der Waals surface area contributed by atoms with Crippen LogP contribution in [-0.4, -0.2) is 12.5 Å². The lowest BCUT2D eigenvalue weighted by Gasteiger charge is -2.07. The zero-order valence-electron chi connectivity index (χ0n) is 9.95. The van der Waals surface area contributed by atoms with E-state index in [2.05, 4.69) is 10.7 Å². The van der Waals surface area contributed by atoms with Crippen molar-refractivity contribution >= 4 is 46.1 Å². The van der Waals surface area contributed by atoms with Crippen molar-refractivity contribution in [2.75, 3.05) is 12.3 Å². The quantitative estimate of drug-likeness (QED) is 0.847. The maximum absolute atomic E-state index is 11.9. The standard InChI is InChI=1S/C13H12Cl2N2OS/c14-10-5-9(6-11(16)12(10)15)13(18)17-3-1-8-2-4-19-7-8/h2,4-7H,1,3,16H2,(H,17,18). The van der Waals surface area contributed by atoms with E-state index in [1.54, 1.807) is 11.3 Å². The number of hydrogen-bond donors (Lipinski definition) is 2. The summed E-state index contributed by atoms with van der Waals surface area (Å²) < 4.78 is 0. The molecule has 3 nitrogen and oxygen atoms in total. The number of anilines is 1. The Morgan fingerprint density at radius 3 is 2.79 bits per heavy atom. The van der Waals surface area contributed by atoms with E-state index < -0.39 is 0 Å². The van der Waals surface area contributed by atoms with Crippen LogP contribution in [0, 0.1) is 0 Å². The molecular weight excluding hydrogens is 303 g/mol. The van der Waals surface area contributed by atoms with Crippen molar-refractivity contribution in [1.29, 1.82) is 0 Å². The molecule has 2 rings (SSSR count). The first kappa shape index (κ1) is 14.2. The zero-order valence-corrected chi connectivity index (χ0v) is 12.3. The molecule has 1 heterocycles. The highest BCUT2D eigenvalue weighted by molar-refractivity contribution is 7.07. The van der Waals surface area contributed by atoms with Gasteiger partial charge in [-0.2, -0.15) is 11.3 Å². The molecule has 1 amide bonds. The maximum atomic E-state index is 11.9. The lowest BCUT2D eigenvalue weighted by Crippen LogP contribution is -2.25. The van der Waals surface area contributed by atoms with Crippen LogP contribution in [0.25, 0.3) is 0 Å².